The summed E-state index contributed by atoms with van der Waals surface area (Å²) >= 11 is 0. The van der Waals surface area contributed by atoms with Gasteiger partial charge in [0.2, 0.25) is 5.91 Å². The second-order valence-electron chi connectivity index (χ2n) is 8.61. The van der Waals surface area contributed by atoms with Crippen molar-refractivity contribution in [1.82, 2.24) is 9.80 Å². The third kappa shape index (κ3) is 3.37. The van der Waals surface area contributed by atoms with Crippen LogP contribution in [0, 0.1) is 18.2 Å². The van der Waals surface area contributed by atoms with Gasteiger partial charge in [0.05, 0.1) is 5.41 Å². The van der Waals surface area contributed by atoms with Crippen LogP contribution in [0.5, 0.6) is 0 Å². The topological polar surface area (TPSA) is 40.6 Å². The Bertz CT molecular complexity index is 744. The van der Waals surface area contributed by atoms with E-state index in [0.29, 0.717) is 24.7 Å². The Balaban J connectivity index is 1.51. The first-order valence-corrected chi connectivity index (χ1v) is 10.4. The van der Waals surface area contributed by atoms with Crippen LogP contribution in [0.4, 0.5) is 4.39 Å². The number of hydrogen-bond donors (Lipinski definition) is 0. The molecule has 1 aromatic rings. The highest BCUT2D eigenvalue weighted by Crippen LogP contribution is 2.42. The molecule has 3 aliphatic rings. The van der Waals surface area contributed by atoms with Gasteiger partial charge in [0.1, 0.15) is 5.82 Å². The molecule has 4 nitrogen and oxygen atoms in total. The number of rotatable bonds is 2. The number of carbonyl (C=O) groups is 2. The van der Waals surface area contributed by atoms with E-state index >= 15 is 0 Å². The zero-order valence-electron chi connectivity index (χ0n) is 16.2. The number of amides is 2. The van der Waals surface area contributed by atoms with Gasteiger partial charge in [-0.2, -0.15) is 0 Å². The van der Waals surface area contributed by atoms with E-state index in [0.717, 1.165) is 44.2 Å². The summed E-state index contributed by atoms with van der Waals surface area (Å²) in [4.78, 5) is 30.3. The first-order chi connectivity index (χ1) is 13.0. The van der Waals surface area contributed by atoms with Gasteiger partial charge in [0, 0.05) is 31.2 Å². The Morgan fingerprint density at radius 3 is 2.67 bits per heavy atom. The minimum atomic E-state index is -0.424. The van der Waals surface area contributed by atoms with Gasteiger partial charge in [-0.1, -0.05) is 25.3 Å². The van der Waals surface area contributed by atoms with Crippen molar-refractivity contribution in [1.29, 1.82) is 0 Å². The van der Waals surface area contributed by atoms with Gasteiger partial charge in [0.15, 0.2) is 0 Å². The lowest BCUT2D eigenvalue weighted by atomic mass is 9.77. The molecule has 3 fully saturated rings. The molecular formula is C22H29FN2O2. The number of likely N-dealkylation sites (tertiary alicyclic amines) is 2. The zero-order valence-corrected chi connectivity index (χ0v) is 16.2. The van der Waals surface area contributed by atoms with E-state index < -0.39 is 11.2 Å². The molecule has 1 atom stereocenters. The summed E-state index contributed by atoms with van der Waals surface area (Å²) in [7, 11) is 0. The molecule has 1 aromatic carbocycles. The summed E-state index contributed by atoms with van der Waals surface area (Å²) in [6, 6.07) is 4.73. The van der Waals surface area contributed by atoms with Crippen molar-refractivity contribution >= 4 is 11.8 Å². The standard InChI is InChI=1S/C22H29FN2O2/c1-16-8-9-17(23)14-19(16)20(26)24-13-11-22(15-24)10-5-12-25(21(22)27)18-6-3-2-4-7-18/h8-9,14,18H,2-7,10-13,15H2,1H3/t22-/m0/s1. The van der Waals surface area contributed by atoms with Crippen LogP contribution in [0.25, 0.3) is 0 Å². The largest absolute Gasteiger partial charge is 0.339 e. The molecule has 146 valence electrons. The number of halogens is 1. The zero-order chi connectivity index (χ0) is 19.0. The molecule has 0 radical (unpaired) electrons. The van der Waals surface area contributed by atoms with Crippen molar-refractivity contribution in [3.05, 3.63) is 35.1 Å². The molecule has 5 heteroatoms. The first kappa shape index (κ1) is 18.5. The first-order valence-electron chi connectivity index (χ1n) is 10.4. The maximum absolute atomic E-state index is 13.6. The Labute approximate surface area is 160 Å². The maximum Gasteiger partial charge on any atom is 0.254 e. The quantitative estimate of drug-likeness (QED) is 0.789. The molecule has 0 N–H and O–H groups in total. The lowest BCUT2D eigenvalue weighted by Gasteiger charge is -2.44. The van der Waals surface area contributed by atoms with Crippen molar-refractivity contribution < 1.29 is 14.0 Å². The van der Waals surface area contributed by atoms with Crippen LogP contribution >= 0.6 is 0 Å². The lowest BCUT2D eigenvalue weighted by molar-refractivity contribution is -0.149. The molecule has 2 aliphatic heterocycles. The molecule has 0 unspecified atom stereocenters. The van der Waals surface area contributed by atoms with Crippen molar-refractivity contribution in [3.8, 4) is 0 Å². The number of piperidine rings is 1. The normalized spacial score (nSPS) is 26.8. The van der Waals surface area contributed by atoms with Crippen molar-refractivity contribution in [2.75, 3.05) is 19.6 Å². The van der Waals surface area contributed by atoms with Crippen LogP contribution in [0.1, 0.15) is 67.3 Å². The summed E-state index contributed by atoms with van der Waals surface area (Å²) in [6.45, 7) is 3.75. The average molecular weight is 372 g/mol. The third-order valence-electron chi connectivity index (χ3n) is 6.86. The fourth-order valence-corrected chi connectivity index (χ4v) is 5.26. The van der Waals surface area contributed by atoms with Crippen LogP contribution in [-0.2, 0) is 4.79 Å². The second-order valence-corrected chi connectivity index (χ2v) is 8.61. The fraction of sp³-hybridized carbons (Fsp3) is 0.636. The Morgan fingerprint density at radius 1 is 1.11 bits per heavy atom. The van der Waals surface area contributed by atoms with E-state index in [1.807, 2.05) is 6.92 Å². The van der Waals surface area contributed by atoms with Crippen LogP contribution < -0.4 is 0 Å². The number of aryl methyl sites for hydroxylation is 1. The maximum atomic E-state index is 13.6. The van der Waals surface area contributed by atoms with Crippen molar-refractivity contribution in [2.45, 2.75) is 64.3 Å². The van der Waals surface area contributed by atoms with Crippen molar-refractivity contribution in [2.24, 2.45) is 5.41 Å². The van der Waals surface area contributed by atoms with Crippen LogP contribution in [0.15, 0.2) is 18.2 Å². The molecule has 0 bridgehead atoms. The number of benzene rings is 1. The van der Waals surface area contributed by atoms with Gasteiger partial charge >= 0.3 is 0 Å². The highest BCUT2D eigenvalue weighted by atomic mass is 19.1. The van der Waals surface area contributed by atoms with Gasteiger partial charge in [-0.25, -0.2) is 4.39 Å². The number of carbonyl (C=O) groups excluding carboxylic acids is 2. The molecule has 2 heterocycles. The number of nitrogens with zero attached hydrogens (tertiary/aromatic N) is 2. The Hall–Kier alpha value is -1.91. The predicted octanol–water partition coefficient (Wildman–Crippen LogP) is 3.92. The summed E-state index contributed by atoms with van der Waals surface area (Å²) < 4.78 is 13.6. The van der Waals surface area contributed by atoms with Crippen LogP contribution in [0.3, 0.4) is 0 Å². The van der Waals surface area contributed by atoms with Gasteiger partial charge in [-0.15, -0.1) is 0 Å². The minimum Gasteiger partial charge on any atom is -0.339 e. The third-order valence-corrected chi connectivity index (χ3v) is 6.86. The average Bonchev–Trinajstić information content (AvgIpc) is 3.11. The molecular weight excluding hydrogens is 343 g/mol. The van der Waals surface area contributed by atoms with E-state index in [1.54, 1.807) is 11.0 Å². The highest BCUT2D eigenvalue weighted by molar-refractivity contribution is 5.96. The smallest absolute Gasteiger partial charge is 0.254 e. The summed E-state index contributed by atoms with van der Waals surface area (Å²) in [5.74, 6) is -0.284. The molecule has 27 heavy (non-hydrogen) atoms. The molecule has 1 aliphatic carbocycles. The Morgan fingerprint density at radius 2 is 1.89 bits per heavy atom. The van der Waals surface area contributed by atoms with E-state index in [4.69, 9.17) is 0 Å². The van der Waals surface area contributed by atoms with E-state index in [9.17, 15) is 14.0 Å². The monoisotopic (exact) mass is 372 g/mol. The van der Waals surface area contributed by atoms with E-state index in [1.165, 1.54) is 31.4 Å². The predicted molar refractivity (Wildman–Crippen MR) is 102 cm³/mol. The van der Waals surface area contributed by atoms with E-state index in [2.05, 4.69) is 4.90 Å². The summed E-state index contributed by atoms with van der Waals surface area (Å²) in [6.07, 6.45) is 8.55. The van der Waals surface area contributed by atoms with Crippen LogP contribution in [-0.4, -0.2) is 47.3 Å². The Kier molecular flexibility index (Phi) is 4.95. The molecule has 2 saturated heterocycles. The highest BCUT2D eigenvalue weighted by Gasteiger charge is 2.50. The van der Waals surface area contributed by atoms with Crippen molar-refractivity contribution in [3.63, 3.8) is 0 Å². The fourth-order valence-electron chi connectivity index (χ4n) is 5.26. The van der Waals surface area contributed by atoms with Gasteiger partial charge in [0.25, 0.3) is 5.91 Å². The molecule has 0 aromatic heterocycles. The SMILES string of the molecule is Cc1ccc(F)cc1C(=O)N1CC[C@@]2(CCCN(C3CCCCC3)C2=O)C1. The summed E-state index contributed by atoms with van der Waals surface area (Å²) in [5, 5.41) is 0. The van der Waals surface area contributed by atoms with Crippen LogP contribution in [0.2, 0.25) is 0 Å². The molecule has 1 spiro atoms. The van der Waals surface area contributed by atoms with Gasteiger partial charge in [-0.05, 0) is 56.7 Å². The second kappa shape index (κ2) is 7.25. The minimum absolute atomic E-state index is 0.147. The van der Waals surface area contributed by atoms with Gasteiger partial charge in [-0.3, -0.25) is 9.59 Å². The summed E-state index contributed by atoms with van der Waals surface area (Å²) in [5.41, 5.74) is 0.771. The lowest BCUT2D eigenvalue weighted by Crippen LogP contribution is -2.54. The van der Waals surface area contributed by atoms with E-state index in [-0.39, 0.29) is 11.8 Å². The molecule has 1 saturated carbocycles. The van der Waals surface area contributed by atoms with Gasteiger partial charge < -0.3 is 9.80 Å². The molecule has 2 amide bonds. The molecule has 4 rings (SSSR count). The number of hydrogen-bond acceptors (Lipinski definition) is 2.